The van der Waals surface area contributed by atoms with Gasteiger partial charge in [-0.2, -0.15) is 5.10 Å². The van der Waals surface area contributed by atoms with E-state index in [1.807, 2.05) is 30.3 Å². The highest BCUT2D eigenvalue weighted by atomic mass is 35.5. The highest BCUT2D eigenvalue weighted by Crippen LogP contribution is 2.28. The van der Waals surface area contributed by atoms with Gasteiger partial charge in [0.1, 0.15) is 6.61 Å². The highest BCUT2D eigenvalue weighted by molar-refractivity contribution is 6.30. The van der Waals surface area contributed by atoms with E-state index in [4.69, 9.17) is 32.5 Å². The van der Waals surface area contributed by atoms with Gasteiger partial charge in [-0.05, 0) is 41.5 Å². The van der Waals surface area contributed by atoms with E-state index in [2.05, 4.69) is 10.2 Å². The van der Waals surface area contributed by atoms with Crippen LogP contribution in [0.4, 0.5) is 0 Å². The fourth-order valence-corrected chi connectivity index (χ4v) is 2.05. The molecule has 0 aliphatic carbocycles. The van der Waals surface area contributed by atoms with Crippen LogP contribution in [0.15, 0.2) is 52.7 Å². The molecule has 120 valence electrons. The van der Waals surface area contributed by atoms with Crippen molar-refractivity contribution in [3.8, 4) is 11.5 Å². The van der Waals surface area contributed by atoms with E-state index in [0.29, 0.717) is 23.1 Å². The highest BCUT2D eigenvalue weighted by Gasteiger charge is 2.06. The van der Waals surface area contributed by atoms with Crippen LogP contribution in [0.3, 0.4) is 0 Å². The molecule has 0 bridgehead atoms. The molecule has 0 aliphatic rings. The zero-order valence-electron chi connectivity index (χ0n) is 12.6. The lowest BCUT2D eigenvalue weighted by Gasteiger charge is -2.11. The van der Waals surface area contributed by atoms with Gasteiger partial charge in [0, 0.05) is 5.02 Å². The number of halogens is 1. The smallest absolute Gasteiger partial charge is 0.211 e. The molecule has 0 heterocycles. The lowest BCUT2D eigenvalue weighted by molar-refractivity contribution is 0.284. The van der Waals surface area contributed by atoms with Crippen LogP contribution in [0.2, 0.25) is 5.02 Å². The molecule has 2 aromatic carbocycles. The molecule has 6 nitrogen and oxygen atoms in total. The van der Waals surface area contributed by atoms with Gasteiger partial charge in [-0.1, -0.05) is 23.7 Å². The molecular weight excluding hydrogens is 316 g/mol. The summed E-state index contributed by atoms with van der Waals surface area (Å²) in [6.07, 6.45) is 1.52. The van der Waals surface area contributed by atoms with Gasteiger partial charge in [-0.25, -0.2) is 0 Å². The van der Waals surface area contributed by atoms with Gasteiger partial charge in [0.25, 0.3) is 0 Å². The molecule has 0 aliphatic heterocycles. The lowest BCUT2D eigenvalue weighted by atomic mass is 10.2. The van der Waals surface area contributed by atoms with Gasteiger partial charge in [0.15, 0.2) is 11.5 Å². The minimum Gasteiger partial charge on any atom is -0.493 e. The first-order valence-electron chi connectivity index (χ1n) is 6.75. The minimum atomic E-state index is -0.102. The van der Waals surface area contributed by atoms with E-state index in [1.165, 1.54) is 6.21 Å². The number of hydrogen-bond donors (Lipinski definition) is 2. The van der Waals surface area contributed by atoms with Crippen LogP contribution < -0.4 is 20.9 Å². The molecule has 2 rings (SSSR count). The van der Waals surface area contributed by atoms with Crippen molar-refractivity contribution in [2.75, 3.05) is 7.11 Å². The second-order valence-electron chi connectivity index (χ2n) is 4.60. The topological polar surface area (TPSA) is 95.2 Å². The molecule has 0 unspecified atom stereocenters. The van der Waals surface area contributed by atoms with Crippen LogP contribution in [0.5, 0.6) is 11.5 Å². The molecule has 0 saturated heterocycles. The number of rotatable bonds is 6. The van der Waals surface area contributed by atoms with E-state index in [1.54, 1.807) is 19.2 Å². The first-order valence-corrected chi connectivity index (χ1v) is 7.13. The van der Waals surface area contributed by atoms with Crippen LogP contribution in [0, 0.1) is 0 Å². The van der Waals surface area contributed by atoms with Gasteiger partial charge in [0.05, 0.1) is 13.3 Å². The third-order valence-corrected chi connectivity index (χ3v) is 3.09. The Bertz CT molecular complexity index is 728. The molecule has 0 amide bonds. The van der Waals surface area contributed by atoms with Crippen molar-refractivity contribution in [2.24, 2.45) is 21.7 Å². The minimum absolute atomic E-state index is 0.102. The predicted octanol–water partition coefficient (Wildman–Crippen LogP) is 2.53. The summed E-state index contributed by atoms with van der Waals surface area (Å²) < 4.78 is 11.1. The van der Waals surface area contributed by atoms with Crippen molar-refractivity contribution < 1.29 is 9.47 Å². The Labute approximate surface area is 139 Å². The summed E-state index contributed by atoms with van der Waals surface area (Å²) in [5, 5.41) is 7.96. The van der Waals surface area contributed by atoms with Gasteiger partial charge in [-0.15, -0.1) is 5.10 Å². The molecule has 0 saturated carbocycles. The molecule has 2 aromatic rings. The van der Waals surface area contributed by atoms with Crippen molar-refractivity contribution in [2.45, 2.75) is 6.61 Å². The molecule has 7 heteroatoms. The number of guanidine groups is 1. The van der Waals surface area contributed by atoms with E-state index in [9.17, 15) is 0 Å². The Morgan fingerprint density at radius 2 is 2.00 bits per heavy atom. The monoisotopic (exact) mass is 332 g/mol. The summed E-state index contributed by atoms with van der Waals surface area (Å²) in [7, 11) is 1.57. The van der Waals surface area contributed by atoms with E-state index < -0.39 is 0 Å². The maximum absolute atomic E-state index is 5.95. The number of nitrogens with two attached hydrogens (primary N) is 2. The summed E-state index contributed by atoms with van der Waals surface area (Å²) in [4.78, 5) is 0. The Kier molecular flexibility index (Phi) is 5.82. The van der Waals surface area contributed by atoms with E-state index >= 15 is 0 Å². The van der Waals surface area contributed by atoms with Crippen molar-refractivity contribution >= 4 is 23.8 Å². The average molecular weight is 333 g/mol. The first-order chi connectivity index (χ1) is 11.1. The van der Waals surface area contributed by atoms with E-state index in [0.717, 1.165) is 11.1 Å². The molecule has 0 spiro atoms. The number of hydrogen-bond acceptors (Lipinski definition) is 4. The van der Waals surface area contributed by atoms with Crippen LogP contribution in [-0.2, 0) is 6.61 Å². The Hall–Kier alpha value is -2.73. The van der Waals surface area contributed by atoms with Crippen LogP contribution >= 0.6 is 11.6 Å². The lowest BCUT2D eigenvalue weighted by Crippen LogP contribution is -2.21. The normalized spacial score (nSPS) is 10.5. The standard InChI is InChI=1S/C16H17ClN4O2/c1-22-15-8-11(9-20-21-16(18)19)5-6-14(15)23-10-12-3-2-4-13(17)7-12/h2-9H,10H2,1H3,(H4,18,19,21)/b20-9+. The molecule has 0 aromatic heterocycles. The van der Waals surface area contributed by atoms with Crippen molar-refractivity contribution in [3.05, 3.63) is 58.6 Å². The molecule has 0 radical (unpaired) electrons. The fraction of sp³-hybridized carbons (Fsp3) is 0.125. The average Bonchev–Trinajstić information content (AvgIpc) is 2.53. The quantitative estimate of drug-likeness (QED) is 0.482. The Balaban J connectivity index is 2.10. The van der Waals surface area contributed by atoms with Gasteiger partial charge in [-0.3, -0.25) is 0 Å². The third kappa shape index (κ3) is 5.19. The predicted molar refractivity (Wildman–Crippen MR) is 92.2 cm³/mol. The Morgan fingerprint density at radius 3 is 2.70 bits per heavy atom. The van der Waals surface area contributed by atoms with Crippen LogP contribution in [0.1, 0.15) is 11.1 Å². The van der Waals surface area contributed by atoms with Gasteiger partial charge >= 0.3 is 0 Å². The fourth-order valence-electron chi connectivity index (χ4n) is 1.83. The van der Waals surface area contributed by atoms with Gasteiger partial charge < -0.3 is 20.9 Å². The molecule has 0 atom stereocenters. The van der Waals surface area contributed by atoms with Crippen molar-refractivity contribution in [1.82, 2.24) is 0 Å². The number of nitrogens with zero attached hydrogens (tertiary/aromatic N) is 2. The summed E-state index contributed by atoms with van der Waals surface area (Å²) in [6, 6.07) is 12.9. The van der Waals surface area contributed by atoms with Crippen LogP contribution in [0.25, 0.3) is 0 Å². The van der Waals surface area contributed by atoms with Crippen LogP contribution in [-0.4, -0.2) is 19.3 Å². The molecule has 23 heavy (non-hydrogen) atoms. The third-order valence-electron chi connectivity index (χ3n) is 2.85. The summed E-state index contributed by atoms with van der Waals surface area (Å²) >= 11 is 5.95. The maximum Gasteiger partial charge on any atom is 0.211 e. The SMILES string of the molecule is COc1cc(/C=N/N=C(N)N)ccc1OCc1cccc(Cl)c1. The molecule has 4 N–H and O–H groups in total. The molecule has 0 fully saturated rings. The first kappa shape index (κ1) is 16.6. The summed E-state index contributed by atoms with van der Waals surface area (Å²) in [6.45, 7) is 0.387. The second-order valence-corrected chi connectivity index (χ2v) is 5.03. The van der Waals surface area contributed by atoms with E-state index in [-0.39, 0.29) is 5.96 Å². The van der Waals surface area contributed by atoms with Crippen molar-refractivity contribution in [3.63, 3.8) is 0 Å². The van der Waals surface area contributed by atoms with Gasteiger partial charge in [0.2, 0.25) is 5.96 Å². The largest absolute Gasteiger partial charge is 0.493 e. The maximum atomic E-state index is 5.95. The Morgan fingerprint density at radius 1 is 1.17 bits per heavy atom. The number of benzene rings is 2. The zero-order valence-corrected chi connectivity index (χ0v) is 13.3. The summed E-state index contributed by atoms with van der Waals surface area (Å²) in [5.74, 6) is 1.10. The molecular formula is C16H17ClN4O2. The number of ether oxygens (including phenoxy) is 2. The van der Waals surface area contributed by atoms with Crippen molar-refractivity contribution in [1.29, 1.82) is 0 Å². The summed E-state index contributed by atoms with van der Waals surface area (Å²) in [5.41, 5.74) is 12.2. The number of methoxy groups -OCH3 is 1. The zero-order chi connectivity index (χ0) is 16.7. The second kappa shape index (κ2) is 8.05.